The Labute approximate surface area is 130 Å². The van der Waals surface area contributed by atoms with Crippen LogP contribution < -0.4 is 10.5 Å². The number of aromatic nitrogens is 1. The zero-order valence-electron chi connectivity index (χ0n) is 11.4. The molecule has 0 aliphatic heterocycles. The molecule has 2 atom stereocenters. The summed E-state index contributed by atoms with van der Waals surface area (Å²) in [4.78, 5) is 4.01. The minimum absolute atomic E-state index is 0.181. The van der Waals surface area contributed by atoms with Crippen molar-refractivity contribution >= 4 is 15.9 Å². The summed E-state index contributed by atoms with van der Waals surface area (Å²) in [6.45, 7) is 1.90. The van der Waals surface area contributed by atoms with Crippen LogP contribution in [-0.2, 0) is 0 Å². The van der Waals surface area contributed by atoms with E-state index in [0.717, 1.165) is 6.07 Å². The third-order valence-electron chi connectivity index (χ3n) is 3.09. The molecule has 1 aromatic carbocycles. The number of hydrogen-bond donors (Lipinski definition) is 1. The van der Waals surface area contributed by atoms with Gasteiger partial charge in [-0.15, -0.1) is 0 Å². The van der Waals surface area contributed by atoms with E-state index in [4.69, 9.17) is 10.5 Å². The first-order chi connectivity index (χ1) is 10.0. The molecule has 0 aliphatic rings. The van der Waals surface area contributed by atoms with Crippen molar-refractivity contribution in [3.63, 3.8) is 0 Å². The third-order valence-corrected chi connectivity index (χ3v) is 3.54. The Bertz CT molecular complexity index is 610. The monoisotopic (exact) mass is 356 g/mol. The van der Waals surface area contributed by atoms with Crippen molar-refractivity contribution in [2.75, 3.05) is 0 Å². The molecule has 1 heterocycles. The number of pyridine rings is 1. The highest BCUT2D eigenvalue weighted by atomic mass is 79.9. The highest BCUT2D eigenvalue weighted by Crippen LogP contribution is 2.31. The van der Waals surface area contributed by atoms with Crippen molar-refractivity contribution in [1.82, 2.24) is 4.98 Å². The normalized spacial score (nSPS) is 13.8. The molecular weight excluding hydrogens is 342 g/mol. The molecule has 2 N–H and O–H groups in total. The van der Waals surface area contributed by atoms with Gasteiger partial charge in [0.1, 0.15) is 6.10 Å². The van der Waals surface area contributed by atoms with Crippen LogP contribution in [0, 0.1) is 11.6 Å². The maximum absolute atomic E-state index is 13.8. The quantitative estimate of drug-likeness (QED) is 0.824. The number of ether oxygens (including phenoxy) is 1. The second-order valence-corrected chi connectivity index (χ2v) is 5.51. The summed E-state index contributed by atoms with van der Waals surface area (Å²) in [6.07, 6.45) is 3.24. The lowest BCUT2D eigenvalue weighted by Gasteiger charge is -2.24. The van der Waals surface area contributed by atoms with E-state index in [1.165, 1.54) is 6.07 Å². The molecule has 2 rings (SSSR count). The van der Waals surface area contributed by atoms with Crippen molar-refractivity contribution in [1.29, 1.82) is 0 Å². The largest absolute Gasteiger partial charge is 0.481 e. The first-order valence-corrected chi connectivity index (χ1v) is 7.29. The molecule has 0 aliphatic carbocycles. The molecule has 6 heteroatoms. The van der Waals surface area contributed by atoms with E-state index in [9.17, 15) is 8.78 Å². The smallest absolute Gasteiger partial charge is 0.200 e. The van der Waals surface area contributed by atoms with Crippen molar-refractivity contribution in [3.8, 4) is 5.75 Å². The topological polar surface area (TPSA) is 48.1 Å². The second kappa shape index (κ2) is 6.95. The minimum atomic E-state index is -1.03. The number of hydrogen-bond acceptors (Lipinski definition) is 3. The summed E-state index contributed by atoms with van der Waals surface area (Å²) in [5, 5.41) is 0. The van der Waals surface area contributed by atoms with Crippen molar-refractivity contribution in [2.24, 2.45) is 5.73 Å². The lowest BCUT2D eigenvalue weighted by atomic mass is 10.0. The third kappa shape index (κ3) is 3.77. The average Bonchev–Trinajstić information content (AvgIpc) is 2.49. The highest BCUT2D eigenvalue weighted by molar-refractivity contribution is 9.10. The molecule has 1 aromatic heterocycles. The van der Waals surface area contributed by atoms with E-state index < -0.39 is 17.7 Å². The van der Waals surface area contributed by atoms with Crippen LogP contribution >= 0.6 is 15.9 Å². The maximum atomic E-state index is 13.8. The van der Waals surface area contributed by atoms with Gasteiger partial charge in [0.2, 0.25) is 5.82 Å². The lowest BCUT2D eigenvalue weighted by molar-refractivity contribution is 0.161. The first-order valence-electron chi connectivity index (χ1n) is 6.49. The Morgan fingerprint density at radius 2 is 2.14 bits per heavy atom. The standard InChI is InChI=1S/C15H15BrF2N2O/c1-2-12(19)15(9-4-3-5-20-8-9)21-13-7-10(16)6-11(17)14(13)18/h3-8,12,15H,2,19H2,1H3. The van der Waals surface area contributed by atoms with Crippen LogP contribution in [0.25, 0.3) is 0 Å². The maximum Gasteiger partial charge on any atom is 0.200 e. The molecule has 0 bridgehead atoms. The fraction of sp³-hybridized carbons (Fsp3) is 0.267. The van der Waals surface area contributed by atoms with Gasteiger partial charge in [-0.25, -0.2) is 4.39 Å². The van der Waals surface area contributed by atoms with E-state index in [0.29, 0.717) is 16.5 Å². The van der Waals surface area contributed by atoms with Crippen molar-refractivity contribution in [3.05, 3.63) is 58.3 Å². The zero-order valence-corrected chi connectivity index (χ0v) is 13.0. The number of nitrogens with zero attached hydrogens (tertiary/aromatic N) is 1. The molecule has 21 heavy (non-hydrogen) atoms. The Hall–Kier alpha value is -1.53. The molecule has 0 radical (unpaired) electrons. The van der Waals surface area contributed by atoms with Gasteiger partial charge < -0.3 is 10.5 Å². The van der Waals surface area contributed by atoms with Gasteiger partial charge in [-0.3, -0.25) is 4.98 Å². The van der Waals surface area contributed by atoms with Crippen LogP contribution in [0.15, 0.2) is 41.1 Å². The van der Waals surface area contributed by atoms with Gasteiger partial charge >= 0.3 is 0 Å². The summed E-state index contributed by atoms with van der Waals surface area (Å²) >= 11 is 3.12. The van der Waals surface area contributed by atoms with Crippen LogP contribution in [0.1, 0.15) is 25.0 Å². The average molecular weight is 357 g/mol. The van der Waals surface area contributed by atoms with Crippen LogP contribution in [0.3, 0.4) is 0 Å². The molecule has 3 nitrogen and oxygen atoms in total. The van der Waals surface area contributed by atoms with Crippen molar-refractivity contribution in [2.45, 2.75) is 25.5 Å². The summed E-state index contributed by atoms with van der Waals surface area (Å²) < 4.78 is 33.3. The Morgan fingerprint density at radius 1 is 1.38 bits per heavy atom. The Balaban J connectivity index is 2.36. The molecule has 0 amide bonds. The van der Waals surface area contributed by atoms with Gasteiger partial charge in [-0.2, -0.15) is 4.39 Å². The number of halogens is 3. The van der Waals surface area contributed by atoms with Crippen molar-refractivity contribution < 1.29 is 13.5 Å². The summed E-state index contributed by atoms with van der Waals surface area (Å²) in [7, 11) is 0. The van der Waals surface area contributed by atoms with Crippen LogP contribution in [-0.4, -0.2) is 11.0 Å². The van der Waals surface area contributed by atoms with Crippen LogP contribution in [0.2, 0.25) is 0 Å². The van der Waals surface area contributed by atoms with E-state index >= 15 is 0 Å². The first kappa shape index (κ1) is 15.9. The van der Waals surface area contributed by atoms with E-state index in [-0.39, 0.29) is 11.8 Å². The van der Waals surface area contributed by atoms with Crippen LogP contribution in [0.4, 0.5) is 8.78 Å². The Kier molecular flexibility index (Phi) is 5.25. The van der Waals surface area contributed by atoms with Gasteiger partial charge in [0, 0.05) is 28.5 Å². The molecule has 2 aromatic rings. The lowest BCUT2D eigenvalue weighted by Crippen LogP contribution is -2.31. The van der Waals surface area contributed by atoms with Gasteiger partial charge in [0.25, 0.3) is 0 Å². The summed E-state index contributed by atoms with van der Waals surface area (Å²) in [5.41, 5.74) is 6.76. The number of nitrogens with two attached hydrogens (primary N) is 1. The summed E-state index contributed by atoms with van der Waals surface area (Å²) in [6, 6.07) is 5.59. The highest BCUT2D eigenvalue weighted by Gasteiger charge is 2.23. The second-order valence-electron chi connectivity index (χ2n) is 4.60. The zero-order chi connectivity index (χ0) is 15.4. The molecule has 0 fully saturated rings. The predicted molar refractivity (Wildman–Crippen MR) is 79.9 cm³/mol. The van der Waals surface area contributed by atoms with Gasteiger partial charge in [0.05, 0.1) is 0 Å². The molecule has 0 saturated heterocycles. The molecule has 2 unspecified atom stereocenters. The molecule has 112 valence electrons. The molecule has 0 saturated carbocycles. The summed E-state index contributed by atoms with van der Waals surface area (Å²) in [5.74, 6) is -2.19. The van der Waals surface area contributed by atoms with E-state index in [1.54, 1.807) is 24.5 Å². The van der Waals surface area contributed by atoms with Gasteiger partial charge in [-0.05, 0) is 24.6 Å². The Morgan fingerprint density at radius 3 is 2.76 bits per heavy atom. The molecule has 0 spiro atoms. The fourth-order valence-electron chi connectivity index (χ4n) is 1.92. The van der Waals surface area contributed by atoms with E-state index in [2.05, 4.69) is 20.9 Å². The predicted octanol–water partition coefficient (Wildman–Crippen LogP) is 3.98. The number of benzene rings is 1. The van der Waals surface area contributed by atoms with E-state index in [1.807, 2.05) is 6.92 Å². The number of rotatable bonds is 5. The van der Waals surface area contributed by atoms with Gasteiger partial charge in [0.15, 0.2) is 11.6 Å². The van der Waals surface area contributed by atoms with Crippen LogP contribution in [0.5, 0.6) is 5.75 Å². The van der Waals surface area contributed by atoms with Gasteiger partial charge in [-0.1, -0.05) is 28.9 Å². The SMILES string of the molecule is CCC(N)C(Oc1cc(Br)cc(F)c1F)c1cccnc1. The minimum Gasteiger partial charge on any atom is -0.481 e. The fourth-order valence-corrected chi connectivity index (χ4v) is 2.32. The molecular formula is C15H15BrF2N2O.